The molecule has 0 atom stereocenters. The predicted octanol–water partition coefficient (Wildman–Crippen LogP) is 4.90. The lowest BCUT2D eigenvalue weighted by Gasteiger charge is -2.37. The van der Waals surface area contributed by atoms with Gasteiger partial charge < -0.3 is 9.31 Å². The topological polar surface area (TPSA) is 18.5 Å². The van der Waals surface area contributed by atoms with Crippen molar-refractivity contribution in [3.05, 3.63) is 30.3 Å². The highest BCUT2D eigenvalue weighted by molar-refractivity contribution is 6.19. The first-order valence-electron chi connectivity index (χ1n) is 8.06. The van der Waals surface area contributed by atoms with Crippen LogP contribution in [0.5, 0.6) is 5.75 Å². The normalized spacial score (nSPS) is 17.6. The summed E-state index contributed by atoms with van der Waals surface area (Å²) in [7, 11) is 1.56. The largest absolute Gasteiger partial charge is 0.572 e. The Morgan fingerprint density at radius 1 is 1.05 bits per heavy atom. The highest BCUT2D eigenvalue weighted by Gasteiger charge is 2.32. The second-order valence-corrected chi connectivity index (χ2v) is 5.85. The highest BCUT2D eigenvalue weighted by Crippen LogP contribution is 2.35. The fourth-order valence-electron chi connectivity index (χ4n) is 3.00. The average Bonchev–Trinajstić information content (AvgIpc) is 2.50. The Balaban J connectivity index is 1.80. The fraction of sp³-hybridized carbons (Fsp3) is 0.647. The van der Waals surface area contributed by atoms with Gasteiger partial charge in [-0.1, -0.05) is 63.6 Å². The van der Waals surface area contributed by atoms with Crippen LogP contribution in [0.15, 0.2) is 30.3 Å². The first-order chi connectivity index (χ1) is 9.85. The summed E-state index contributed by atoms with van der Waals surface area (Å²) in [5, 5.41) is 0. The monoisotopic (exact) mass is 273 g/mol. The number of unbranched alkanes of at least 4 members (excludes halogenated alkanes) is 2. The van der Waals surface area contributed by atoms with Gasteiger partial charge in [-0.3, -0.25) is 0 Å². The van der Waals surface area contributed by atoms with Crippen LogP contribution in [0.1, 0.15) is 64.7 Å². The Kier molecular flexibility index (Phi) is 6.45. The third-order valence-electron chi connectivity index (χ3n) is 4.23. The summed E-state index contributed by atoms with van der Waals surface area (Å²) in [6.45, 7) is 2.25. The van der Waals surface area contributed by atoms with Crippen molar-refractivity contribution >= 4 is 7.69 Å². The van der Waals surface area contributed by atoms with E-state index in [4.69, 9.17) is 9.31 Å². The number of benzene rings is 1. The maximum atomic E-state index is 6.07. The zero-order valence-corrected chi connectivity index (χ0v) is 12.6. The van der Waals surface area contributed by atoms with E-state index in [1.165, 1.54) is 51.4 Å². The van der Waals surface area contributed by atoms with Gasteiger partial charge in [0, 0.05) is 0 Å². The molecule has 0 aromatic heterocycles. The van der Waals surface area contributed by atoms with Crippen molar-refractivity contribution in [2.45, 2.75) is 70.3 Å². The second-order valence-electron chi connectivity index (χ2n) is 5.85. The van der Waals surface area contributed by atoms with Crippen LogP contribution in [0, 0.1) is 0 Å². The maximum Gasteiger partial charge on any atom is 0.572 e. The fourth-order valence-corrected chi connectivity index (χ4v) is 3.00. The van der Waals surface area contributed by atoms with Crippen molar-refractivity contribution < 1.29 is 9.31 Å². The second kappa shape index (κ2) is 8.36. The highest BCUT2D eigenvalue weighted by atomic mass is 16.6. The van der Waals surface area contributed by atoms with Gasteiger partial charge in [-0.15, -0.1) is 0 Å². The van der Waals surface area contributed by atoms with Crippen LogP contribution >= 0.6 is 0 Å². The molecule has 1 aliphatic rings. The Labute approximate surface area is 124 Å². The van der Waals surface area contributed by atoms with Crippen molar-refractivity contribution in [3.63, 3.8) is 0 Å². The molecular formula is C17H26BO2. The smallest absolute Gasteiger partial charge is 0.537 e. The minimum absolute atomic E-state index is 0.0300. The minimum atomic E-state index is 0.0300. The predicted molar refractivity (Wildman–Crippen MR) is 83.9 cm³/mol. The van der Waals surface area contributed by atoms with Gasteiger partial charge in [0.15, 0.2) is 0 Å². The van der Waals surface area contributed by atoms with Crippen LogP contribution < -0.4 is 4.65 Å². The summed E-state index contributed by atoms with van der Waals surface area (Å²) in [6.07, 6.45) is 11.2. The lowest BCUT2D eigenvalue weighted by Crippen LogP contribution is -2.37. The number of hydrogen-bond acceptors (Lipinski definition) is 2. The first-order valence-corrected chi connectivity index (χ1v) is 8.06. The number of rotatable bonds is 8. The minimum Gasteiger partial charge on any atom is -0.537 e. The van der Waals surface area contributed by atoms with E-state index in [-0.39, 0.29) is 5.60 Å². The van der Waals surface area contributed by atoms with E-state index in [9.17, 15) is 0 Å². The zero-order chi connectivity index (χ0) is 14.1. The Bertz CT molecular complexity index is 361. The van der Waals surface area contributed by atoms with Crippen molar-refractivity contribution in [1.29, 1.82) is 0 Å². The van der Waals surface area contributed by atoms with Gasteiger partial charge in [0.1, 0.15) is 0 Å². The lowest BCUT2D eigenvalue weighted by molar-refractivity contribution is 0.0119. The van der Waals surface area contributed by atoms with Crippen molar-refractivity contribution in [2.24, 2.45) is 0 Å². The van der Waals surface area contributed by atoms with Gasteiger partial charge in [-0.05, 0) is 31.4 Å². The van der Waals surface area contributed by atoms with Gasteiger partial charge in [0.25, 0.3) is 0 Å². The van der Waals surface area contributed by atoms with Crippen molar-refractivity contribution in [3.8, 4) is 5.75 Å². The van der Waals surface area contributed by atoms with E-state index in [0.717, 1.165) is 12.2 Å². The molecule has 109 valence electrons. The van der Waals surface area contributed by atoms with Gasteiger partial charge in [-0.2, -0.15) is 0 Å². The Morgan fingerprint density at radius 3 is 2.50 bits per heavy atom. The summed E-state index contributed by atoms with van der Waals surface area (Å²) < 4.78 is 11.7. The van der Waals surface area contributed by atoms with E-state index in [0.29, 0.717) is 0 Å². The summed E-state index contributed by atoms with van der Waals surface area (Å²) in [5.74, 6) is 0.840. The molecular weight excluding hydrogens is 247 g/mol. The third-order valence-corrected chi connectivity index (χ3v) is 4.23. The SMILES string of the molecule is CCCCCC1(O[B]Oc2ccccc2)CCCCC1. The molecule has 0 bridgehead atoms. The van der Waals surface area contributed by atoms with Crippen LogP contribution in [-0.2, 0) is 4.65 Å². The molecule has 0 heterocycles. The quantitative estimate of drug-likeness (QED) is 0.495. The maximum absolute atomic E-state index is 6.07. The van der Waals surface area contributed by atoms with Crippen LogP contribution in [0.25, 0.3) is 0 Å². The molecule has 1 aliphatic carbocycles. The molecule has 0 aliphatic heterocycles. The van der Waals surface area contributed by atoms with E-state index in [1.54, 1.807) is 7.69 Å². The average molecular weight is 273 g/mol. The molecule has 0 N–H and O–H groups in total. The van der Waals surface area contributed by atoms with Gasteiger partial charge in [-0.25, -0.2) is 0 Å². The van der Waals surface area contributed by atoms with Crippen molar-refractivity contribution in [1.82, 2.24) is 0 Å². The van der Waals surface area contributed by atoms with E-state index in [1.807, 2.05) is 30.3 Å². The third kappa shape index (κ3) is 4.86. The molecule has 0 spiro atoms. The number of para-hydroxylation sites is 1. The summed E-state index contributed by atoms with van der Waals surface area (Å²) >= 11 is 0. The van der Waals surface area contributed by atoms with Gasteiger partial charge >= 0.3 is 7.69 Å². The molecule has 2 nitrogen and oxygen atoms in total. The molecule has 1 aromatic rings. The molecule has 3 heteroatoms. The molecule has 0 unspecified atom stereocenters. The van der Waals surface area contributed by atoms with Gasteiger partial charge in [0.05, 0.1) is 11.4 Å². The molecule has 1 radical (unpaired) electrons. The van der Waals surface area contributed by atoms with Crippen LogP contribution in [-0.4, -0.2) is 13.3 Å². The molecule has 0 amide bonds. The molecule has 2 rings (SSSR count). The van der Waals surface area contributed by atoms with Gasteiger partial charge in [0.2, 0.25) is 0 Å². The summed E-state index contributed by atoms with van der Waals surface area (Å²) in [5.41, 5.74) is 0.0300. The Morgan fingerprint density at radius 2 is 1.80 bits per heavy atom. The number of hydrogen-bond donors (Lipinski definition) is 0. The summed E-state index contributed by atoms with van der Waals surface area (Å²) in [6, 6.07) is 9.83. The van der Waals surface area contributed by atoms with Crippen LogP contribution in [0.2, 0.25) is 0 Å². The lowest BCUT2D eigenvalue weighted by atomic mass is 9.80. The Hall–Kier alpha value is -0.955. The summed E-state index contributed by atoms with van der Waals surface area (Å²) in [4.78, 5) is 0. The molecule has 0 saturated heterocycles. The van der Waals surface area contributed by atoms with E-state index < -0.39 is 0 Å². The molecule has 20 heavy (non-hydrogen) atoms. The molecule has 1 saturated carbocycles. The standard InChI is InChI=1S/C17H26BO2/c1-2-3-8-13-17(14-9-5-10-15-17)20-18-19-16-11-6-4-7-12-16/h4,6-7,11-12H,2-3,5,8-10,13-15H2,1H3. The van der Waals surface area contributed by atoms with E-state index >= 15 is 0 Å². The zero-order valence-electron chi connectivity index (χ0n) is 12.6. The van der Waals surface area contributed by atoms with Crippen LogP contribution in [0.3, 0.4) is 0 Å². The molecule has 1 aromatic carbocycles. The van der Waals surface area contributed by atoms with Crippen LogP contribution in [0.4, 0.5) is 0 Å². The first kappa shape index (κ1) is 15.4. The van der Waals surface area contributed by atoms with Crippen molar-refractivity contribution in [2.75, 3.05) is 0 Å². The molecule has 1 fully saturated rings. The van der Waals surface area contributed by atoms with E-state index in [2.05, 4.69) is 6.92 Å².